The van der Waals surface area contributed by atoms with E-state index in [1.54, 1.807) is 30.3 Å². The average molecular weight is 263 g/mol. The molecule has 0 aliphatic heterocycles. The molecule has 2 nitrogen and oxygen atoms in total. The van der Waals surface area contributed by atoms with Crippen LogP contribution in [0.2, 0.25) is 0 Å². The Morgan fingerprint density at radius 1 is 1.11 bits per heavy atom. The van der Waals surface area contributed by atoms with E-state index in [4.69, 9.17) is 10.5 Å². The lowest BCUT2D eigenvalue weighted by Gasteiger charge is -2.14. The zero-order chi connectivity index (χ0) is 13.8. The van der Waals surface area contributed by atoms with E-state index in [9.17, 15) is 8.78 Å². The van der Waals surface area contributed by atoms with Crippen molar-refractivity contribution in [1.82, 2.24) is 0 Å². The van der Waals surface area contributed by atoms with Crippen LogP contribution in [0.5, 0.6) is 5.75 Å². The summed E-state index contributed by atoms with van der Waals surface area (Å²) < 4.78 is 32.3. The summed E-state index contributed by atoms with van der Waals surface area (Å²) in [4.78, 5) is 0. The van der Waals surface area contributed by atoms with Crippen molar-refractivity contribution in [2.75, 3.05) is 7.11 Å². The van der Waals surface area contributed by atoms with E-state index >= 15 is 0 Å². The highest BCUT2D eigenvalue weighted by Gasteiger charge is 2.14. The lowest BCUT2D eigenvalue weighted by atomic mass is 9.99. The van der Waals surface area contributed by atoms with E-state index in [-0.39, 0.29) is 12.2 Å². The second kappa shape index (κ2) is 5.80. The van der Waals surface area contributed by atoms with Gasteiger partial charge in [0, 0.05) is 17.7 Å². The maximum Gasteiger partial charge on any atom is 0.131 e. The number of hydrogen-bond acceptors (Lipinski definition) is 2. The van der Waals surface area contributed by atoms with E-state index in [2.05, 4.69) is 0 Å². The molecule has 0 fully saturated rings. The normalized spacial score (nSPS) is 12.2. The van der Waals surface area contributed by atoms with Crippen molar-refractivity contribution in [1.29, 1.82) is 0 Å². The van der Waals surface area contributed by atoms with Crippen LogP contribution < -0.4 is 10.5 Å². The summed E-state index contributed by atoms with van der Waals surface area (Å²) in [5.74, 6) is -0.339. The van der Waals surface area contributed by atoms with Crippen LogP contribution in [0.1, 0.15) is 17.2 Å². The van der Waals surface area contributed by atoms with Gasteiger partial charge in [0.15, 0.2) is 0 Å². The largest absolute Gasteiger partial charge is 0.497 e. The average Bonchev–Trinajstić information content (AvgIpc) is 2.41. The number of halogens is 2. The fourth-order valence-electron chi connectivity index (χ4n) is 1.95. The summed E-state index contributed by atoms with van der Waals surface area (Å²) in [5, 5.41) is 0. The van der Waals surface area contributed by atoms with Gasteiger partial charge in [-0.25, -0.2) is 8.78 Å². The molecule has 0 radical (unpaired) electrons. The summed E-state index contributed by atoms with van der Waals surface area (Å²) in [7, 11) is 1.47. The minimum atomic E-state index is -0.595. The van der Waals surface area contributed by atoms with Gasteiger partial charge in [-0.15, -0.1) is 0 Å². The topological polar surface area (TPSA) is 35.2 Å². The molecule has 1 atom stereocenters. The predicted molar refractivity (Wildman–Crippen MR) is 70.0 cm³/mol. The number of nitrogens with two attached hydrogens (primary N) is 1. The monoisotopic (exact) mass is 263 g/mol. The van der Waals surface area contributed by atoms with E-state index in [0.717, 1.165) is 0 Å². The van der Waals surface area contributed by atoms with Gasteiger partial charge >= 0.3 is 0 Å². The highest BCUT2D eigenvalue weighted by Crippen LogP contribution is 2.23. The van der Waals surface area contributed by atoms with Gasteiger partial charge < -0.3 is 10.5 Å². The van der Waals surface area contributed by atoms with Crippen LogP contribution in [0.4, 0.5) is 8.78 Å². The fraction of sp³-hybridized carbons (Fsp3) is 0.200. The van der Waals surface area contributed by atoms with Crippen LogP contribution >= 0.6 is 0 Å². The lowest BCUT2D eigenvalue weighted by molar-refractivity contribution is 0.410. The molecule has 2 aromatic carbocycles. The van der Waals surface area contributed by atoms with Gasteiger partial charge in [-0.05, 0) is 24.1 Å². The standard InChI is InChI=1S/C15H15F2NO/c1-19-11-6-7-12(14(17)9-11)15(18)8-10-4-2-3-5-13(10)16/h2-7,9,15H,8,18H2,1H3. The van der Waals surface area contributed by atoms with Crippen molar-refractivity contribution in [3.8, 4) is 5.75 Å². The smallest absolute Gasteiger partial charge is 0.131 e. The zero-order valence-electron chi connectivity index (χ0n) is 10.6. The first kappa shape index (κ1) is 13.5. The number of methoxy groups -OCH3 is 1. The minimum absolute atomic E-state index is 0.246. The maximum atomic E-state index is 13.8. The number of benzene rings is 2. The maximum absolute atomic E-state index is 13.8. The first-order valence-corrected chi connectivity index (χ1v) is 5.94. The number of rotatable bonds is 4. The molecule has 4 heteroatoms. The van der Waals surface area contributed by atoms with E-state index < -0.39 is 11.9 Å². The molecular formula is C15H15F2NO. The van der Waals surface area contributed by atoms with Crippen molar-refractivity contribution in [2.24, 2.45) is 5.73 Å². The quantitative estimate of drug-likeness (QED) is 0.919. The Bertz CT molecular complexity index is 572. The van der Waals surface area contributed by atoms with Crippen LogP contribution in [0, 0.1) is 11.6 Å². The van der Waals surface area contributed by atoms with Gasteiger partial charge in [0.1, 0.15) is 17.4 Å². The minimum Gasteiger partial charge on any atom is -0.497 e. The van der Waals surface area contributed by atoms with Crippen LogP contribution in [0.15, 0.2) is 42.5 Å². The molecule has 0 bridgehead atoms. The second-order valence-corrected chi connectivity index (χ2v) is 4.29. The predicted octanol–water partition coefficient (Wildman–Crippen LogP) is 3.22. The molecule has 100 valence electrons. The molecule has 0 aliphatic rings. The first-order chi connectivity index (χ1) is 9.11. The Hall–Kier alpha value is -1.94. The van der Waals surface area contributed by atoms with E-state index in [1.807, 2.05) is 0 Å². The SMILES string of the molecule is COc1ccc(C(N)Cc2ccccc2F)c(F)c1. The van der Waals surface area contributed by atoms with Gasteiger partial charge in [0.25, 0.3) is 0 Å². The second-order valence-electron chi connectivity index (χ2n) is 4.29. The molecule has 0 spiro atoms. The Labute approximate surface area is 110 Å². The van der Waals surface area contributed by atoms with Crippen molar-refractivity contribution in [3.63, 3.8) is 0 Å². The molecule has 0 saturated heterocycles. The molecule has 0 amide bonds. The van der Waals surface area contributed by atoms with Gasteiger partial charge in [-0.1, -0.05) is 24.3 Å². The van der Waals surface area contributed by atoms with Gasteiger partial charge in [-0.3, -0.25) is 0 Å². The molecule has 2 aromatic rings. The Balaban J connectivity index is 2.21. The van der Waals surface area contributed by atoms with Crippen LogP contribution in [-0.2, 0) is 6.42 Å². The fourth-order valence-corrected chi connectivity index (χ4v) is 1.95. The van der Waals surface area contributed by atoms with Crippen LogP contribution in [0.3, 0.4) is 0 Å². The Morgan fingerprint density at radius 3 is 2.47 bits per heavy atom. The van der Waals surface area contributed by atoms with Crippen LogP contribution in [-0.4, -0.2) is 7.11 Å². The Kier molecular flexibility index (Phi) is 4.12. The molecule has 0 heterocycles. The molecule has 2 N–H and O–H groups in total. The summed E-state index contributed by atoms with van der Waals surface area (Å²) in [6, 6.07) is 10.2. The third-order valence-electron chi connectivity index (χ3n) is 3.00. The summed E-state index contributed by atoms with van der Waals surface area (Å²) >= 11 is 0. The molecule has 19 heavy (non-hydrogen) atoms. The third-order valence-corrected chi connectivity index (χ3v) is 3.00. The van der Waals surface area contributed by atoms with Crippen molar-refractivity contribution < 1.29 is 13.5 Å². The van der Waals surface area contributed by atoms with Gasteiger partial charge in [0.05, 0.1) is 7.11 Å². The van der Waals surface area contributed by atoms with Gasteiger partial charge in [0.2, 0.25) is 0 Å². The molecule has 0 aromatic heterocycles. The molecule has 0 saturated carbocycles. The molecular weight excluding hydrogens is 248 g/mol. The van der Waals surface area contributed by atoms with Crippen molar-refractivity contribution in [2.45, 2.75) is 12.5 Å². The van der Waals surface area contributed by atoms with Crippen molar-refractivity contribution in [3.05, 3.63) is 65.2 Å². The summed E-state index contributed by atoms with van der Waals surface area (Å²) in [5.41, 5.74) is 6.77. The van der Waals surface area contributed by atoms with Gasteiger partial charge in [-0.2, -0.15) is 0 Å². The highest BCUT2D eigenvalue weighted by atomic mass is 19.1. The Morgan fingerprint density at radius 2 is 1.84 bits per heavy atom. The van der Waals surface area contributed by atoms with E-state index in [0.29, 0.717) is 16.9 Å². The molecule has 2 rings (SSSR count). The zero-order valence-corrected chi connectivity index (χ0v) is 10.6. The lowest BCUT2D eigenvalue weighted by Crippen LogP contribution is -2.15. The highest BCUT2D eigenvalue weighted by molar-refractivity contribution is 5.32. The molecule has 1 unspecified atom stereocenters. The third kappa shape index (κ3) is 3.09. The molecule has 0 aliphatic carbocycles. The van der Waals surface area contributed by atoms with Crippen molar-refractivity contribution >= 4 is 0 Å². The van der Waals surface area contributed by atoms with Crippen LogP contribution in [0.25, 0.3) is 0 Å². The number of ether oxygens (including phenoxy) is 1. The van der Waals surface area contributed by atoms with E-state index in [1.165, 1.54) is 19.2 Å². The first-order valence-electron chi connectivity index (χ1n) is 5.94. The number of hydrogen-bond donors (Lipinski definition) is 1. The summed E-state index contributed by atoms with van der Waals surface area (Å²) in [6.07, 6.45) is 0.246. The summed E-state index contributed by atoms with van der Waals surface area (Å²) in [6.45, 7) is 0.